The summed E-state index contributed by atoms with van der Waals surface area (Å²) in [5, 5.41) is 0. The molecule has 1 aromatic rings. The zero-order valence-electron chi connectivity index (χ0n) is 11.4. The van der Waals surface area contributed by atoms with E-state index < -0.39 is 0 Å². The van der Waals surface area contributed by atoms with Gasteiger partial charge in [-0.05, 0) is 45.2 Å². The number of likely N-dealkylation sites (N-methyl/N-ethyl adjacent to an activating group) is 1. The van der Waals surface area contributed by atoms with Crippen LogP contribution in [0.1, 0.15) is 13.8 Å². The van der Waals surface area contributed by atoms with Crippen molar-refractivity contribution in [2.24, 2.45) is 5.73 Å². The second-order valence-electron chi connectivity index (χ2n) is 5.67. The van der Waals surface area contributed by atoms with E-state index in [4.69, 9.17) is 5.73 Å². The van der Waals surface area contributed by atoms with Crippen LogP contribution in [0.15, 0.2) is 24.3 Å². The van der Waals surface area contributed by atoms with Crippen molar-refractivity contribution >= 4 is 5.69 Å². The van der Waals surface area contributed by atoms with Gasteiger partial charge in [0.05, 0.1) is 0 Å². The van der Waals surface area contributed by atoms with Gasteiger partial charge in [-0.1, -0.05) is 0 Å². The molecule has 3 nitrogen and oxygen atoms in total. The predicted molar refractivity (Wildman–Crippen MR) is 73.3 cm³/mol. The van der Waals surface area contributed by atoms with E-state index in [1.165, 1.54) is 12.1 Å². The Morgan fingerprint density at radius 3 is 2.50 bits per heavy atom. The molecule has 1 unspecified atom stereocenters. The smallest absolute Gasteiger partial charge is 0.123 e. The summed E-state index contributed by atoms with van der Waals surface area (Å²) >= 11 is 0. The third-order valence-electron chi connectivity index (χ3n) is 3.98. The largest absolute Gasteiger partial charge is 0.368 e. The van der Waals surface area contributed by atoms with Crippen molar-refractivity contribution in [2.75, 3.05) is 31.6 Å². The molecule has 0 amide bonds. The number of rotatable bonds is 2. The van der Waals surface area contributed by atoms with Gasteiger partial charge in [0.1, 0.15) is 5.82 Å². The Kier molecular flexibility index (Phi) is 3.59. The summed E-state index contributed by atoms with van der Waals surface area (Å²) in [6.07, 6.45) is 0. The topological polar surface area (TPSA) is 32.5 Å². The third-order valence-corrected chi connectivity index (χ3v) is 3.98. The summed E-state index contributed by atoms with van der Waals surface area (Å²) in [5.41, 5.74) is 6.98. The summed E-state index contributed by atoms with van der Waals surface area (Å²) in [7, 11) is 2.12. The second-order valence-corrected chi connectivity index (χ2v) is 5.67. The van der Waals surface area contributed by atoms with Crippen molar-refractivity contribution in [3.05, 3.63) is 30.1 Å². The standard InChI is InChI=1S/C14H22FN3/c1-14(2)10-18(9-13(8-16)17(14)3)12-6-4-11(15)5-7-12/h4-7,13H,8-10,16H2,1-3H3. The van der Waals surface area contributed by atoms with Crippen LogP contribution in [0.4, 0.5) is 10.1 Å². The zero-order chi connectivity index (χ0) is 13.3. The lowest BCUT2D eigenvalue weighted by molar-refractivity contribution is 0.0845. The normalized spacial score (nSPS) is 24.3. The Morgan fingerprint density at radius 1 is 1.33 bits per heavy atom. The number of anilines is 1. The molecular formula is C14H22FN3. The summed E-state index contributed by atoms with van der Waals surface area (Å²) in [4.78, 5) is 4.63. The van der Waals surface area contributed by atoms with E-state index in [2.05, 4.69) is 30.7 Å². The molecule has 0 saturated carbocycles. The first-order valence-electron chi connectivity index (χ1n) is 6.37. The SMILES string of the molecule is CN1C(CN)CN(c2ccc(F)cc2)CC1(C)C. The van der Waals surface area contributed by atoms with Crippen LogP contribution >= 0.6 is 0 Å². The molecule has 0 bridgehead atoms. The van der Waals surface area contributed by atoms with Crippen LogP contribution in [-0.4, -0.2) is 43.2 Å². The molecular weight excluding hydrogens is 229 g/mol. The van der Waals surface area contributed by atoms with E-state index in [-0.39, 0.29) is 11.4 Å². The van der Waals surface area contributed by atoms with Crippen molar-refractivity contribution in [1.29, 1.82) is 0 Å². The van der Waals surface area contributed by atoms with E-state index in [9.17, 15) is 4.39 Å². The van der Waals surface area contributed by atoms with Gasteiger partial charge < -0.3 is 10.6 Å². The molecule has 1 atom stereocenters. The van der Waals surface area contributed by atoms with Crippen LogP contribution in [0, 0.1) is 5.82 Å². The van der Waals surface area contributed by atoms with Crippen LogP contribution in [0.25, 0.3) is 0 Å². The van der Waals surface area contributed by atoms with Crippen LogP contribution in [-0.2, 0) is 0 Å². The number of hydrogen-bond acceptors (Lipinski definition) is 3. The minimum absolute atomic E-state index is 0.0661. The molecule has 0 aromatic heterocycles. The maximum absolute atomic E-state index is 13.0. The molecule has 2 N–H and O–H groups in total. The molecule has 0 aliphatic carbocycles. The van der Waals surface area contributed by atoms with E-state index in [0.29, 0.717) is 12.6 Å². The van der Waals surface area contributed by atoms with Gasteiger partial charge in [0.2, 0.25) is 0 Å². The summed E-state index contributed by atoms with van der Waals surface area (Å²) < 4.78 is 13.0. The molecule has 1 heterocycles. The quantitative estimate of drug-likeness (QED) is 0.868. The van der Waals surface area contributed by atoms with Crippen molar-refractivity contribution < 1.29 is 4.39 Å². The summed E-state index contributed by atoms with van der Waals surface area (Å²) in [5.74, 6) is -0.192. The molecule has 1 aliphatic rings. The van der Waals surface area contributed by atoms with Crippen LogP contribution in [0.2, 0.25) is 0 Å². The third kappa shape index (κ3) is 2.49. The van der Waals surface area contributed by atoms with Crippen LogP contribution < -0.4 is 10.6 Å². The molecule has 1 aromatic carbocycles. The lowest BCUT2D eigenvalue weighted by atomic mass is 9.95. The molecule has 0 spiro atoms. The molecule has 2 rings (SSSR count). The Labute approximate surface area is 108 Å². The molecule has 100 valence electrons. The van der Waals surface area contributed by atoms with Crippen molar-refractivity contribution in [2.45, 2.75) is 25.4 Å². The molecule has 18 heavy (non-hydrogen) atoms. The fourth-order valence-corrected chi connectivity index (χ4v) is 2.60. The molecule has 1 fully saturated rings. The minimum Gasteiger partial charge on any atom is -0.368 e. The van der Waals surface area contributed by atoms with E-state index in [1.54, 1.807) is 0 Å². The highest BCUT2D eigenvalue weighted by atomic mass is 19.1. The van der Waals surface area contributed by atoms with E-state index in [0.717, 1.165) is 18.8 Å². The Bertz CT molecular complexity index is 402. The lowest BCUT2D eigenvalue weighted by Crippen LogP contribution is -2.64. The first kappa shape index (κ1) is 13.3. The van der Waals surface area contributed by atoms with Crippen LogP contribution in [0.3, 0.4) is 0 Å². The van der Waals surface area contributed by atoms with Crippen molar-refractivity contribution in [3.63, 3.8) is 0 Å². The van der Waals surface area contributed by atoms with Gasteiger partial charge >= 0.3 is 0 Å². The number of nitrogens with zero attached hydrogens (tertiary/aromatic N) is 2. The molecule has 1 aliphatic heterocycles. The Morgan fingerprint density at radius 2 is 1.94 bits per heavy atom. The fraction of sp³-hybridized carbons (Fsp3) is 0.571. The van der Waals surface area contributed by atoms with Gasteiger partial charge in [-0.2, -0.15) is 0 Å². The average Bonchev–Trinajstić information content (AvgIpc) is 2.33. The lowest BCUT2D eigenvalue weighted by Gasteiger charge is -2.50. The Hall–Kier alpha value is -1.13. The highest BCUT2D eigenvalue weighted by molar-refractivity contribution is 5.47. The van der Waals surface area contributed by atoms with Crippen molar-refractivity contribution in [3.8, 4) is 0 Å². The highest BCUT2D eigenvalue weighted by Gasteiger charge is 2.36. The van der Waals surface area contributed by atoms with Gasteiger partial charge in [-0.15, -0.1) is 0 Å². The van der Waals surface area contributed by atoms with E-state index >= 15 is 0 Å². The number of halogens is 1. The fourth-order valence-electron chi connectivity index (χ4n) is 2.60. The van der Waals surface area contributed by atoms with E-state index in [1.807, 2.05) is 12.1 Å². The Balaban J connectivity index is 2.22. The zero-order valence-corrected chi connectivity index (χ0v) is 11.4. The van der Waals surface area contributed by atoms with Crippen LogP contribution in [0.5, 0.6) is 0 Å². The maximum atomic E-state index is 13.0. The predicted octanol–water partition coefficient (Wildman–Crippen LogP) is 1.68. The number of piperazine rings is 1. The number of hydrogen-bond donors (Lipinski definition) is 1. The monoisotopic (exact) mass is 251 g/mol. The van der Waals surface area contributed by atoms with Gasteiger partial charge in [0, 0.05) is 36.9 Å². The highest BCUT2D eigenvalue weighted by Crippen LogP contribution is 2.27. The summed E-state index contributed by atoms with van der Waals surface area (Å²) in [6.45, 7) is 6.88. The average molecular weight is 251 g/mol. The molecule has 0 radical (unpaired) electrons. The van der Waals surface area contributed by atoms with Gasteiger partial charge in [0.25, 0.3) is 0 Å². The summed E-state index contributed by atoms with van der Waals surface area (Å²) in [6, 6.07) is 7.03. The van der Waals surface area contributed by atoms with Gasteiger partial charge in [-0.25, -0.2) is 4.39 Å². The molecule has 4 heteroatoms. The minimum atomic E-state index is -0.192. The maximum Gasteiger partial charge on any atom is 0.123 e. The van der Waals surface area contributed by atoms with Crippen molar-refractivity contribution in [1.82, 2.24) is 4.90 Å². The number of nitrogens with two attached hydrogens (primary N) is 1. The second kappa shape index (κ2) is 4.86. The van der Waals surface area contributed by atoms with Gasteiger partial charge in [0.15, 0.2) is 0 Å². The molecule has 1 saturated heterocycles. The van der Waals surface area contributed by atoms with Gasteiger partial charge in [-0.3, -0.25) is 4.90 Å². The number of benzene rings is 1. The first-order chi connectivity index (χ1) is 8.44. The first-order valence-corrected chi connectivity index (χ1v) is 6.37.